The molecule has 2 aromatic rings. The van der Waals surface area contributed by atoms with Crippen molar-refractivity contribution in [2.24, 2.45) is 5.10 Å². The van der Waals surface area contributed by atoms with Crippen molar-refractivity contribution in [3.63, 3.8) is 0 Å². The van der Waals surface area contributed by atoms with Crippen molar-refractivity contribution in [2.45, 2.75) is 13.0 Å². The lowest BCUT2D eigenvalue weighted by atomic mass is 10.1. The fourth-order valence-electron chi connectivity index (χ4n) is 1.70. The lowest BCUT2D eigenvalue weighted by Crippen LogP contribution is -2.24. The maximum Gasteiger partial charge on any atom is 0.263 e. The first-order valence-corrected chi connectivity index (χ1v) is 6.37. The summed E-state index contributed by atoms with van der Waals surface area (Å²) < 4.78 is 0. The number of carbonyl (C=O) groups is 1. The van der Waals surface area contributed by atoms with E-state index < -0.39 is 5.91 Å². The first-order chi connectivity index (χ1) is 10.6. The highest BCUT2D eigenvalue weighted by Gasteiger charge is 2.06. The molecule has 9 nitrogen and oxygen atoms in total. The second kappa shape index (κ2) is 6.97. The summed E-state index contributed by atoms with van der Waals surface area (Å²) in [5.41, 5.74) is 8.80. The van der Waals surface area contributed by atoms with E-state index in [1.165, 1.54) is 6.21 Å². The van der Waals surface area contributed by atoms with Crippen molar-refractivity contribution in [1.82, 2.24) is 25.6 Å². The number of anilines is 1. The SMILES string of the molecule is C=CCc1cccc(C=NNC(=O)Cn2nnc(N)n2)c1O. The van der Waals surface area contributed by atoms with Gasteiger partial charge in [0.2, 0.25) is 0 Å². The molecule has 0 atom stereocenters. The molecule has 1 heterocycles. The Hall–Kier alpha value is -3.23. The number of phenolic OH excluding ortho intramolecular Hbond substituents is 1. The number of aromatic nitrogens is 4. The van der Waals surface area contributed by atoms with E-state index in [1.807, 2.05) is 0 Å². The van der Waals surface area contributed by atoms with Crippen LogP contribution in [-0.2, 0) is 17.8 Å². The summed E-state index contributed by atoms with van der Waals surface area (Å²) in [5.74, 6) is -0.359. The van der Waals surface area contributed by atoms with Crippen LogP contribution in [0.25, 0.3) is 0 Å². The monoisotopic (exact) mass is 301 g/mol. The molecular weight excluding hydrogens is 286 g/mol. The Labute approximate surface area is 126 Å². The topological polar surface area (TPSA) is 131 Å². The van der Waals surface area contributed by atoms with E-state index in [0.29, 0.717) is 12.0 Å². The smallest absolute Gasteiger partial charge is 0.263 e. The van der Waals surface area contributed by atoms with Gasteiger partial charge in [-0.15, -0.1) is 11.7 Å². The molecule has 0 aliphatic heterocycles. The maximum absolute atomic E-state index is 11.6. The number of hydrazone groups is 1. The van der Waals surface area contributed by atoms with E-state index in [9.17, 15) is 9.90 Å². The van der Waals surface area contributed by atoms with Crippen LogP contribution in [0, 0.1) is 0 Å². The maximum atomic E-state index is 11.6. The van der Waals surface area contributed by atoms with Gasteiger partial charge >= 0.3 is 0 Å². The van der Waals surface area contributed by atoms with Crippen molar-refractivity contribution in [1.29, 1.82) is 0 Å². The van der Waals surface area contributed by atoms with Gasteiger partial charge in [0.05, 0.1) is 6.21 Å². The number of benzene rings is 1. The molecule has 1 amide bonds. The van der Waals surface area contributed by atoms with Crippen molar-refractivity contribution < 1.29 is 9.90 Å². The summed E-state index contributed by atoms with van der Waals surface area (Å²) in [5, 5.41) is 24.5. The van der Waals surface area contributed by atoms with Crippen molar-refractivity contribution >= 4 is 18.1 Å². The van der Waals surface area contributed by atoms with Gasteiger partial charge in [0.15, 0.2) is 0 Å². The molecule has 0 radical (unpaired) electrons. The van der Waals surface area contributed by atoms with Gasteiger partial charge in [-0.2, -0.15) is 9.90 Å². The van der Waals surface area contributed by atoms with E-state index >= 15 is 0 Å². The van der Waals surface area contributed by atoms with Gasteiger partial charge in [0.1, 0.15) is 12.3 Å². The number of nitrogens with zero attached hydrogens (tertiary/aromatic N) is 5. The van der Waals surface area contributed by atoms with Crippen molar-refractivity contribution in [3.8, 4) is 5.75 Å². The van der Waals surface area contributed by atoms with Crippen LogP contribution < -0.4 is 11.2 Å². The molecule has 4 N–H and O–H groups in total. The second-order valence-corrected chi connectivity index (χ2v) is 4.32. The summed E-state index contributed by atoms with van der Waals surface area (Å²) in [6.07, 6.45) is 3.58. The molecule has 22 heavy (non-hydrogen) atoms. The van der Waals surface area contributed by atoms with E-state index in [-0.39, 0.29) is 18.2 Å². The van der Waals surface area contributed by atoms with Gasteiger partial charge in [-0.25, -0.2) is 5.43 Å². The quantitative estimate of drug-likeness (QED) is 0.386. The number of allylic oxidation sites excluding steroid dienone is 1. The van der Waals surface area contributed by atoms with Gasteiger partial charge in [0, 0.05) is 5.56 Å². The molecule has 2 rings (SSSR count). The average Bonchev–Trinajstić information content (AvgIpc) is 2.88. The van der Waals surface area contributed by atoms with Crippen molar-refractivity contribution in [2.75, 3.05) is 5.73 Å². The molecule has 0 aliphatic rings. The third kappa shape index (κ3) is 3.88. The normalized spacial score (nSPS) is 10.7. The largest absolute Gasteiger partial charge is 0.507 e. The number of phenols is 1. The Morgan fingerprint density at radius 3 is 3.05 bits per heavy atom. The summed E-state index contributed by atoms with van der Waals surface area (Å²) in [6, 6.07) is 5.24. The summed E-state index contributed by atoms with van der Waals surface area (Å²) in [4.78, 5) is 12.6. The predicted octanol–water partition coefficient (Wildman–Crippen LogP) is -0.160. The third-order valence-corrected chi connectivity index (χ3v) is 2.66. The lowest BCUT2D eigenvalue weighted by Gasteiger charge is -2.04. The van der Waals surface area contributed by atoms with Gasteiger partial charge in [-0.1, -0.05) is 23.3 Å². The molecular formula is C13H15N7O2. The lowest BCUT2D eigenvalue weighted by molar-refractivity contribution is -0.122. The molecule has 0 saturated carbocycles. The van der Waals surface area contributed by atoms with Crippen LogP contribution >= 0.6 is 0 Å². The molecule has 0 bridgehead atoms. The van der Waals surface area contributed by atoms with Crippen LogP contribution in [0.5, 0.6) is 5.75 Å². The van der Waals surface area contributed by atoms with Crippen LogP contribution in [0.15, 0.2) is 36.0 Å². The number of carbonyl (C=O) groups excluding carboxylic acids is 1. The summed E-state index contributed by atoms with van der Waals surface area (Å²) in [7, 11) is 0. The van der Waals surface area contributed by atoms with Crippen LogP contribution in [0.3, 0.4) is 0 Å². The zero-order valence-electron chi connectivity index (χ0n) is 11.7. The summed E-state index contributed by atoms with van der Waals surface area (Å²) >= 11 is 0. The molecule has 1 aromatic carbocycles. The standard InChI is InChI=1S/C13H15N7O2/c1-2-4-9-5-3-6-10(12(9)22)7-15-16-11(21)8-20-18-13(14)17-19-20/h2-3,5-7,22H,1,4,8H2,(H2,14,18)(H,16,21). The number of nitrogens with two attached hydrogens (primary N) is 1. The molecule has 1 aromatic heterocycles. The van der Waals surface area contributed by atoms with Crippen molar-refractivity contribution in [3.05, 3.63) is 42.0 Å². The molecule has 0 unspecified atom stereocenters. The number of nitrogen functional groups attached to an aromatic ring is 1. The van der Waals surface area contributed by atoms with Gasteiger partial charge in [-0.05, 0) is 23.3 Å². The molecule has 0 spiro atoms. The molecule has 9 heteroatoms. The van der Waals surface area contributed by atoms with Crippen LogP contribution in [0.1, 0.15) is 11.1 Å². The first kappa shape index (κ1) is 15.2. The van der Waals surface area contributed by atoms with Gasteiger partial charge in [-0.3, -0.25) is 4.79 Å². The average molecular weight is 301 g/mol. The Kier molecular flexibility index (Phi) is 4.81. The fraction of sp³-hybridized carbons (Fsp3) is 0.154. The molecule has 0 saturated heterocycles. The Balaban J connectivity index is 1.96. The Morgan fingerprint density at radius 1 is 1.55 bits per heavy atom. The zero-order valence-corrected chi connectivity index (χ0v) is 11.7. The highest BCUT2D eigenvalue weighted by Crippen LogP contribution is 2.21. The molecule has 114 valence electrons. The number of rotatable bonds is 6. The number of aromatic hydroxyl groups is 1. The van der Waals surface area contributed by atoms with E-state index in [1.54, 1.807) is 24.3 Å². The number of hydrogen-bond acceptors (Lipinski definition) is 7. The second-order valence-electron chi connectivity index (χ2n) is 4.32. The number of nitrogens with one attached hydrogen (secondary N) is 1. The van der Waals surface area contributed by atoms with E-state index in [4.69, 9.17) is 5.73 Å². The Bertz CT molecular complexity index is 708. The van der Waals surface area contributed by atoms with Crippen LogP contribution in [0.2, 0.25) is 0 Å². The van der Waals surface area contributed by atoms with Gasteiger partial charge < -0.3 is 10.8 Å². The predicted molar refractivity (Wildman–Crippen MR) is 80.0 cm³/mol. The van der Waals surface area contributed by atoms with E-state index in [0.717, 1.165) is 10.4 Å². The van der Waals surface area contributed by atoms with Gasteiger partial charge in [0.25, 0.3) is 11.9 Å². The Morgan fingerprint density at radius 2 is 2.36 bits per heavy atom. The number of para-hydroxylation sites is 1. The minimum Gasteiger partial charge on any atom is -0.507 e. The van der Waals surface area contributed by atoms with E-state index in [2.05, 4.69) is 32.5 Å². The van der Waals surface area contributed by atoms with Crippen LogP contribution in [-0.4, -0.2) is 37.4 Å². The first-order valence-electron chi connectivity index (χ1n) is 6.37. The molecule has 0 aliphatic carbocycles. The number of amides is 1. The fourth-order valence-corrected chi connectivity index (χ4v) is 1.70. The van der Waals surface area contributed by atoms with Crippen LogP contribution in [0.4, 0.5) is 5.95 Å². The number of hydrogen-bond donors (Lipinski definition) is 3. The minimum absolute atomic E-state index is 0.0137. The molecule has 0 fully saturated rings. The minimum atomic E-state index is -0.449. The number of tetrazole rings is 1. The third-order valence-electron chi connectivity index (χ3n) is 2.66. The highest BCUT2D eigenvalue weighted by molar-refractivity contribution is 5.85. The summed E-state index contributed by atoms with van der Waals surface area (Å²) in [6.45, 7) is 3.46. The zero-order chi connectivity index (χ0) is 15.9. The highest BCUT2D eigenvalue weighted by atomic mass is 16.3.